The third-order valence-electron chi connectivity index (χ3n) is 5.20. The highest BCUT2D eigenvalue weighted by Crippen LogP contribution is 2.31. The quantitative estimate of drug-likeness (QED) is 0.352. The lowest BCUT2D eigenvalue weighted by Crippen LogP contribution is -2.45. The summed E-state index contributed by atoms with van der Waals surface area (Å²) in [4.78, 5) is 44.2. The van der Waals surface area contributed by atoms with E-state index in [4.69, 9.17) is 4.74 Å². The lowest BCUT2D eigenvalue weighted by atomic mass is 10.0. The minimum absolute atomic E-state index is 0.0350. The number of carbonyl (C=O) groups excluding carboxylic acids is 3. The van der Waals surface area contributed by atoms with E-state index in [0.717, 1.165) is 4.90 Å². The van der Waals surface area contributed by atoms with Crippen LogP contribution in [0.25, 0.3) is 0 Å². The molecule has 1 heterocycles. The van der Waals surface area contributed by atoms with Crippen LogP contribution < -0.4 is 15.5 Å². The number of hydrogen-bond donors (Lipinski definition) is 3. The predicted molar refractivity (Wildman–Crippen MR) is 132 cm³/mol. The van der Waals surface area contributed by atoms with Gasteiger partial charge in [0.25, 0.3) is 0 Å². The van der Waals surface area contributed by atoms with Gasteiger partial charge in [0.1, 0.15) is 23.4 Å². The molecule has 1 aromatic heterocycles. The number of pyridine rings is 1. The van der Waals surface area contributed by atoms with E-state index in [2.05, 4.69) is 15.6 Å². The van der Waals surface area contributed by atoms with Gasteiger partial charge in [0.05, 0.1) is 12.3 Å². The van der Waals surface area contributed by atoms with Crippen LogP contribution in [0.2, 0.25) is 0 Å². The second-order valence-electron chi connectivity index (χ2n) is 7.76. The van der Waals surface area contributed by atoms with Crippen LogP contribution in [-0.4, -0.2) is 48.1 Å². The molecule has 3 aromatic rings. The summed E-state index contributed by atoms with van der Waals surface area (Å²) in [6.07, 6.45) is 1.01. The van der Waals surface area contributed by atoms with Crippen LogP contribution in [0, 0.1) is 5.82 Å². The Morgan fingerprint density at radius 1 is 1.03 bits per heavy atom. The molecule has 0 aliphatic carbocycles. The molecule has 0 spiro atoms. The Hall–Kier alpha value is -4.31. The van der Waals surface area contributed by atoms with E-state index < -0.39 is 29.6 Å². The van der Waals surface area contributed by atoms with Gasteiger partial charge < -0.3 is 20.5 Å². The zero-order valence-electron chi connectivity index (χ0n) is 19.7. The van der Waals surface area contributed by atoms with E-state index in [9.17, 15) is 23.9 Å². The largest absolute Gasteiger partial charge is 0.508 e. The van der Waals surface area contributed by atoms with Gasteiger partial charge in [-0.25, -0.2) is 9.37 Å². The maximum Gasteiger partial charge on any atom is 0.247 e. The number of para-hydroxylation sites is 1. The average Bonchev–Trinajstić information content (AvgIpc) is 2.88. The van der Waals surface area contributed by atoms with Crippen molar-refractivity contribution in [2.45, 2.75) is 18.9 Å². The Morgan fingerprint density at radius 3 is 2.42 bits per heavy atom. The third kappa shape index (κ3) is 7.09. The number of aromatic nitrogens is 1. The number of anilines is 2. The number of hydrogen-bond acceptors (Lipinski definition) is 6. The summed E-state index contributed by atoms with van der Waals surface area (Å²) in [5.74, 6) is -2.09. The molecule has 0 saturated carbocycles. The van der Waals surface area contributed by atoms with Gasteiger partial charge in [0.2, 0.25) is 17.7 Å². The molecule has 0 radical (unpaired) electrons. The Kier molecular flexibility index (Phi) is 9.47. The molecule has 0 bridgehead atoms. The molecule has 0 fully saturated rings. The van der Waals surface area contributed by atoms with Crippen molar-refractivity contribution in [2.75, 3.05) is 30.5 Å². The van der Waals surface area contributed by atoms with Crippen LogP contribution in [0.5, 0.6) is 5.75 Å². The minimum atomic E-state index is -1.27. The van der Waals surface area contributed by atoms with Crippen LogP contribution in [0.1, 0.15) is 24.4 Å². The lowest BCUT2D eigenvalue weighted by molar-refractivity contribution is -0.127. The second kappa shape index (κ2) is 13.0. The minimum Gasteiger partial charge on any atom is -0.508 e. The second-order valence-corrected chi connectivity index (χ2v) is 7.76. The summed E-state index contributed by atoms with van der Waals surface area (Å²) >= 11 is 0. The molecular formula is C26H27FN4O5. The van der Waals surface area contributed by atoms with Crippen LogP contribution in [-0.2, 0) is 19.1 Å². The normalized spacial score (nSPS) is 11.4. The third-order valence-corrected chi connectivity index (χ3v) is 5.20. The van der Waals surface area contributed by atoms with Gasteiger partial charge >= 0.3 is 0 Å². The molecular weight excluding hydrogens is 467 g/mol. The SMILES string of the molecule is COCCNC(=O)C(c1ccc(O)cc1)N(C(=O)CCC(=O)Nc1ccccn1)c1ccccc1F. The molecule has 1 unspecified atom stereocenters. The standard InChI is InChI=1S/C26H27FN4O5/c1-36-17-16-29-26(35)25(18-9-11-19(32)12-10-18)31(21-7-3-2-6-20(21)27)24(34)14-13-23(33)30-22-8-4-5-15-28-22/h2-12,15,25,32H,13-14,16-17H2,1H3,(H,29,35)(H,28,30,33). The average molecular weight is 495 g/mol. The number of methoxy groups -OCH3 is 1. The van der Waals surface area contributed by atoms with Crippen molar-refractivity contribution in [1.82, 2.24) is 10.3 Å². The first-order valence-corrected chi connectivity index (χ1v) is 11.2. The van der Waals surface area contributed by atoms with Gasteiger partial charge in [-0.05, 0) is 42.0 Å². The van der Waals surface area contributed by atoms with Crippen molar-refractivity contribution in [1.29, 1.82) is 0 Å². The molecule has 0 aliphatic rings. The Labute approximate surface area is 207 Å². The number of aromatic hydroxyl groups is 1. The number of phenolic OH excluding ortho intramolecular Hbond substituents is 1. The van der Waals surface area contributed by atoms with Crippen molar-refractivity contribution >= 4 is 29.2 Å². The summed E-state index contributed by atoms with van der Waals surface area (Å²) in [5, 5.41) is 15.0. The number of ether oxygens (including phenoxy) is 1. The first kappa shape index (κ1) is 26.3. The first-order valence-electron chi connectivity index (χ1n) is 11.2. The Morgan fingerprint density at radius 2 is 1.75 bits per heavy atom. The van der Waals surface area contributed by atoms with E-state index in [1.807, 2.05) is 0 Å². The number of nitrogens with one attached hydrogen (secondary N) is 2. The lowest BCUT2D eigenvalue weighted by Gasteiger charge is -2.32. The molecule has 0 saturated heterocycles. The van der Waals surface area contributed by atoms with Crippen LogP contribution in [0.15, 0.2) is 72.9 Å². The van der Waals surface area contributed by atoms with Crippen LogP contribution in [0.4, 0.5) is 15.9 Å². The fourth-order valence-corrected chi connectivity index (χ4v) is 3.49. The van der Waals surface area contributed by atoms with Gasteiger partial charge in [0.15, 0.2) is 0 Å². The zero-order chi connectivity index (χ0) is 25.9. The number of halogens is 1. The van der Waals surface area contributed by atoms with E-state index in [0.29, 0.717) is 11.4 Å². The maximum absolute atomic E-state index is 14.9. The molecule has 36 heavy (non-hydrogen) atoms. The Balaban J connectivity index is 1.91. The van der Waals surface area contributed by atoms with E-state index in [1.165, 1.54) is 55.8 Å². The van der Waals surface area contributed by atoms with Gasteiger partial charge in [-0.15, -0.1) is 0 Å². The van der Waals surface area contributed by atoms with E-state index in [1.54, 1.807) is 24.3 Å². The molecule has 1 atom stereocenters. The topological polar surface area (TPSA) is 121 Å². The zero-order valence-corrected chi connectivity index (χ0v) is 19.7. The number of carbonyl (C=O) groups is 3. The fourth-order valence-electron chi connectivity index (χ4n) is 3.49. The number of benzene rings is 2. The van der Waals surface area contributed by atoms with Crippen molar-refractivity contribution in [3.05, 3.63) is 84.3 Å². The number of phenols is 1. The summed E-state index contributed by atoms with van der Waals surface area (Å²) in [6, 6.07) is 15.0. The predicted octanol–water partition coefficient (Wildman–Crippen LogP) is 3.18. The van der Waals surface area contributed by atoms with Crippen LogP contribution >= 0.6 is 0 Å². The summed E-state index contributed by atoms with van der Waals surface area (Å²) in [6.45, 7) is 0.394. The highest BCUT2D eigenvalue weighted by molar-refractivity contribution is 6.03. The summed E-state index contributed by atoms with van der Waals surface area (Å²) in [7, 11) is 1.48. The van der Waals surface area contributed by atoms with Crippen LogP contribution in [0.3, 0.4) is 0 Å². The molecule has 3 N–H and O–H groups in total. The molecule has 9 nitrogen and oxygen atoms in total. The number of nitrogens with zero attached hydrogens (tertiary/aromatic N) is 2. The maximum atomic E-state index is 14.9. The molecule has 3 rings (SSSR count). The van der Waals surface area contributed by atoms with Crippen molar-refractivity contribution < 1.29 is 28.6 Å². The molecule has 188 valence electrons. The summed E-state index contributed by atoms with van der Waals surface area (Å²) in [5.41, 5.74) is 0.227. The van der Waals surface area contributed by atoms with Gasteiger partial charge in [-0.3, -0.25) is 19.3 Å². The first-order chi connectivity index (χ1) is 17.4. The molecule has 10 heteroatoms. The van der Waals surface area contributed by atoms with Gasteiger partial charge in [-0.1, -0.05) is 30.3 Å². The monoisotopic (exact) mass is 494 g/mol. The number of amides is 3. The molecule has 2 aromatic carbocycles. The van der Waals surface area contributed by atoms with Crippen molar-refractivity contribution in [3.63, 3.8) is 0 Å². The smallest absolute Gasteiger partial charge is 0.247 e. The van der Waals surface area contributed by atoms with Gasteiger partial charge in [0, 0.05) is 32.7 Å². The highest BCUT2D eigenvalue weighted by atomic mass is 19.1. The molecule has 0 aliphatic heterocycles. The van der Waals surface area contributed by atoms with Crippen molar-refractivity contribution in [3.8, 4) is 5.75 Å². The Bertz CT molecular complexity index is 1170. The van der Waals surface area contributed by atoms with E-state index >= 15 is 0 Å². The van der Waals surface area contributed by atoms with Gasteiger partial charge in [-0.2, -0.15) is 0 Å². The fraction of sp³-hybridized carbons (Fsp3) is 0.231. The van der Waals surface area contributed by atoms with Crippen molar-refractivity contribution in [2.24, 2.45) is 0 Å². The number of rotatable bonds is 11. The molecule has 3 amide bonds. The van der Waals surface area contributed by atoms with E-state index in [-0.39, 0.29) is 37.4 Å². The highest BCUT2D eigenvalue weighted by Gasteiger charge is 2.34. The summed E-state index contributed by atoms with van der Waals surface area (Å²) < 4.78 is 19.9.